The third-order valence-corrected chi connectivity index (χ3v) is 4.52. The van der Waals surface area contributed by atoms with Crippen LogP contribution in [0.1, 0.15) is 17.3 Å². The zero-order valence-corrected chi connectivity index (χ0v) is 14.4. The van der Waals surface area contributed by atoms with Gasteiger partial charge in [-0.05, 0) is 13.0 Å². The van der Waals surface area contributed by atoms with Crippen LogP contribution in [0.25, 0.3) is 21.8 Å². The molecular formula is C17H14N2O3S2. The molecule has 0 atom stereocenters. The van der Waals surface area contributed by atoms with Gasteiger partial charge in [-0.25, -0.2) is 9.78 Å². The summed E-state index contributed by atoms with van der Waals surface area (Å²) in [6.07, 6.45) is 0. The molecule has 0 bridgehead atoms. The number of carbonyl (C=O) groups is 1. The van der Waals surface area contributed by atoms with Crippen molar-refractivity contribution >= 4 is 29.5 Å². The highest BCUT2D eigenvalue weighted by Crippen LogP contribution is 2.31. The number of rotatable bonds is 4. The highest BCUT2D eigenvalue weighted by atomic mass is 32.1. The molecule has 7 heteroatoms. The third kappa shape index (κ3) is 3.22. The van der Waals surface area contributed by atoms with Gasteiger partial charge in [0.15, 0.2) is 0 Å². The lowest BCUT2D eigenvalue weighted by Crippen LogP contribution is -2.06. The van der Waals surface area contributed by atoms with E-state index in [-0.39, 0.29) is 18.1 Å². The summed E-state index contributed by atoms with van der Waals surface area (Å²) in [5.74, 6) is -0.913. The van der Waals surface area contributed by atoms with E-state index in [9.17, 15) is 9.90 Å². The van der Waals surface area contributed by atoms with E-state index in [1.165, 1.54) is 17.4 Å². The number of hydrogen-bond donors (Lipinski definition) is 2. The Morgan fingerprint density at radius 3 is 2.83 bits per heavy atom. The van der Waals surface area contributed by atoms with Gasteiger partial charge in [-0.15, -0.1) is 11.3 Å². The monoisotopic (exact) mass is 358 g/mol. The molecule has 122 valence electrons. The fourth-order valence-corrected chi connectivity index (χ4v) is 3.35. The SMILES string of the molecule is CCOC(=O)c1cc(-c2nc(-c3ccccc3)cs2)c(=S)[nH]c1O. The number of aromatic nitrogens is 2. The van der Waals surface area contributed by atoms with Gasteiger partial charge in [-0.3, -0.25) is 0 Å². The quantitative estimate of drug-likeness (QED) is 0.533. The normalized spacial score (nSPS) is 10.5. The highest BCUT2D eigenvalue weighted by molar-refractivity contribution is 7.71. The summed E-state index contributed by atoms with van der Waals surface area (Å²) in [5, 5.41) is 12.5. The molecule has 2 N–H and O–H groups in total. The van der Waals surface area contributed by atoms with E-state index in [2.05, 4.69) is 9.97 Å². The van der Waals surface area contributed by atoms with Gasteiger partial charge in [0, 0.05) is 16.5 Å². The van der Waals surface area contributed by atoms with Crippen molar-refractivity contribution < 1.29 is 14.6 Å². The smallest absolute Gasteiger partial charge is 0.343 e. The maximum atomic E-state index is 11.9. The number of ether oxygens (including phenoxy) is 1. The second-order valence-electron chi connectivity index (χ2n) is 4.90. The first kappa shape index (κ1) is 16.4. The number of aromatic hydroxyl groups is 1. The Hall–Kier alpha value is -2.51. The van der Waals surface area contributed by atoms with E-state index in [0.29, 0.717) is 15.2 Å². The first-order chi connectivity index (χ1) is 11.6. The molecule has 0 fully saturated rings. The molecule has 1 aromatic carbocycles. The van der Waals surface area contributed by atoms with Crippen molar-refractivity contribution in [2.24, 2.45) is 0 Å². The Morgan fingerprint density at radius 1 is 1.38 bits per heavy atom. The van der Waals surface area contributed by atoms with Crippen LogP contribution in [0.3, 0.4) is 0 Å². The Morgan fingerprint density at radius 2 is 2.12 bits per heavy atom. The first-order valence-electron chi connectivity index (χ1n) is 7.25. The number of pyridine rings is 1. The van der Waals surface area contributed by atoms with Crippen LogP contribution in [-0.2, 0) is 4.74 Å². The average Bonchev–Trinajstić information content (AvgIpc) is 3.05. The molecule has 24 heavy (non-hydrogen) atoms. The molecule has 0 aliphatic rings. The Bertz CT molecular complexity index is 933. The molecule has 0 aliphatic heterocycles. The van der Waals surface area contributed by atoms with E-state index < -0.39 is 5.97 Å². The van der Waals surface area contributed by atoms with E-state index in [1.807, 2.05) is 35.7 Å². The van der Waals surface area contributed by atoms with Gasteiger partial charge in [-0.2, -0.15) is 0 Å². The molecule has 5 nitrogen and oxygen atoms in total. The molecule has 0 saturated heterocycles. The zero-order valence-electron chi connectivity index (χ0n) is 12.8. The fourth-order valence-electron chi connectivity index (χ4n) is 2.18. The van der Waals surface area contributed by atoms with Gasteiger partial charge in [0.2, 0.25) is 5.88 Å². The lowest BCUT2D eigenvalue weighted by Gasteiger charge is -2.06. The lowest BCUT2D eigenvalue weighted by molar-refractivity contribution is 0.0522. The van der Waals surface area contributed by atoms with Crippen LogP contribution in [0.2, 0.25) is 0 Å². The number of carbonyl (C=O) groups excluding carboxylic acids is 1. The van der Waals surface area contributed by atoms with E-state index >= 15 is 0 Å². The highest BCUT2D eigenvalue weighted by Gasteiger charge is 2.17. The minimum Gasteiger partial charge on any atom is -0.494 e. The molecule has 0 unspecified atom stereocenters. The number of hydrogen-bond acceptors (Lipinski definition) is 6. The molecule has 0 amide bonds. The van der Waals surface area contributed by atoms with Gasteiger partial charge in [0.25, 0.3) is 0 Å². The maximum absolute atomic E-state index is 11.9. The Balaban J connectivity index is 2.04. The number of esters is 1. The van der Waals surface area contributed by atoms with Crippen LogP contribution in [0, 0.1) is 4.64 Å². The molecule has 0 saturated carbocycles. The van der Waals surface area contributed by atoms with Crippen molar-refractivity contribution in [3.63, 3.8) is 0 Å². The van der Waals surface area contributed by atoms with Gasteiger partial charge >= 0.3 is 5.97 Å². The van der Waals surface area contributed by atoms with Crippen LogP contribution in [0.15, 0.2) is 41.8 Å². The van der Waals surface area contributed by atoms with Crippen LogP contribution in [-0.4, -0.2) is 27.7 Å². The van der Waals surface area contributed by atoms with Crippen molar-refractivity contribution in [3.05, 3.63) is 52.0 Å². The second kappa shape index (κ2) is 6.94. The zero-order chi connectivity index (χ0) is 17.1. The van der Waals surface area contributed by atoms with Crippen LogP contribution >= 0.6 is 23.6 Å². The van der Waals surface area contributed by atoms with E-state index in [1.54, 1.807) is 6.92 Å². The van der Waals surface area contributed by atoms with E-state index in [0.717, 1.165) is 11.3 Å². The minimum absolute atomic E-state index is 0.0388. The van der Waals surface area contributed by atoms with Crippen LogP contribution < -0.4 is 0 Å². The summed E-state index contributed by atoms with van der Waals surface area (Å²) in [6.45, 7) is 1.92. The lowest BCUT2D eigenvalue weighted by atomic mass is 10.2. The fraction of sp³-hybridized carbons (Fsp3) is 0.118. The van der Waals surface area contributed by atoms with Crippen molar-refractivity contribution in [3.8, 4) is 27.7 Å². The summed E-state index contributed by atoms with van der Waals surface area (Å²) in [7, 11) is 0. The Kier molecular flexibility index (Phi) is 4.73. The summed E-state index contributed by atoms with van der Waals surface area (Å²) in [5.41, 5.74) is 2.45. The summed E-state index contributed by atoms with van der Waals surface area (Å²) in [6, 6.07) is 11.3. The van der Waals surface area contributed by atoms with Crippen molar-refractivity contribution in [2.45, 2.75) is 6.92 Å². The van der Waals surface area contributed by atoms with Crippen molar-refractivity contribution in [1.29, 1.82) is 0 Å². The summed E-state index contributed by atoms with van der Waals surface area (Å²) in [4.78, 5) is 19.1. The third-order valence-electron chi connectivity index (χ3n) is 3.32. The Labute approximate surface area is 147 Å². The number of nitrogens with one attached hydrogen (secondary N) is 1. The molecule has 0 spiro atoms. The summed E-state index contributed by atoms with van der Waals surface area (Å²) >= 11 is 6.68. The van der Waals surface area contributed by atoms with Gasteiger partial charge in [0.1, 0.15) is 15.2 Å². The van der Waals surface area contributed by atoms with Crippen LogP contribution in [0.4, 0.5) is 0 Å². The second-order valence-corrected chi connectivity index (χ2v) is 6.17. The molecule has 2 heterocycles. The average molecular weight is 358 g/mol. The van der Waals surface area contributed by atoms with Gasteiger partial charge in [-0.1, -0.05) is 42.5 Å². The standard InChI is InChI=1S/C17H14N2O3S2/c1-2-22-17(21)11-8-12(15(23)19-14(11)20)16-18-13(9-24-16)10-6-4-3-5-7-10/h3-9H,2H2,1H3,(H2,19,20,23). The van der Waals surface area contributed by atoms with Gasteiger partial charge in [0.05, 0.1) is 12.3 Å². The topological polar surface area (TPSA) is 75.2 Å². The maximum Gasteiger partial charge on any atom is 0.343 e. The number of thiazole rings is 1. The number of aromatic amines is 1. The van der Waals surface area contributed by atoms with Crippen molar-refractivity contribution in [2.75, 3.05) is 6.61 Å². The molecule has 3 rings (SSSR count). The molecular weight excluding hydrogens is 344 g/mol. The number of nitrogens with zero attached hydrogens (tertiary/aromatic N) is 1. The number of H-pyrrole nitrogens is 1. The van der Waals surface area contributed by atoms with E-state index in [4.69, 9.17) is 17.0 Å². The minimum atomic E-state index is -0.609. The van der Waals surface area contributed by atoms with Crippen LogP contribution in [0.5, 0.6) is 5.88 Å². The predicted molar refractivity (Wildman–Crippen MR) is 95.8 cm³/mol. The number of benzene rings is 1. The largest absolute Gasteiger partial charge is 0.494 e. The molecule has 3 aromatic rings. The molecule has 0 aliphatic carbocycles. The first-order valence-corrected chi connectivity index (χ1v) is 8.53. The predicted octanol–water partition coefficient (Wildman–Crippen LogP) is 4.42. The molecule has 2 aromatic heterocycles. The molecule has 0 radical (unpaired) electrons. The van der Waals surface area contributed by atoms with Crippen molar-refractivity contribution in [1.82, 2.24) is 9.97 Å². The summed E-state index contributed by atoms with van der Waals surface area (Å²) < 4.78 is 5.26. The van der Waals surface area contributed by atoms with Gasteiger partial charge < -0.3 is 14.8 Å².